The van der Waals surface area contributed by atoms with E-state index in [0.29, 0.717) is 5.82 Å². The van der Waals surface area contributed by atoms with Crippen LogP contribution in [-0.4, -0.2) is 28.5 Å². The zero-order valence-electron chi connectivity index (χ0n) is 11.3. The lowest BCUT2D eigenvalue weighted by atomic mass is 9.96. The Bertz CT molecular complexity index is 502. The van der Waals surface area contributed by atoms with Crippen molar-refractivity contribution in [2.75, 3.05) is 18.0 Å². The van der Waals surface area contributed by atoms with Gasteiger partial charge in [0.1, 0.15) is 0 Å². The van der Waals surface area contributed by atoms with Gasteiger partial charge in [-0.2, -0.15) is 0 Å². The SMILES string of the molecule is CCCn1ccnc(N2CCC(C(=N)N)CC2)c1=O. The molecule has 2 rings (SSSR count). The van der Waals surface area contributed by atoms with Gasteiger partial charge in [-0.3, -0.25) is 10.2 Å². The van der Waals surface area contributed by atoms with Gasteiger partial charge in [0.15, 0.2) is 5.82 Å². The van der Waals surface area contributed by atoms with Crippen LogP contribution in [0, 0.1) is 11.3 Å². The summed E-state index contributed by atoms with van der Waals surface area (Å²) in [5, 5.41) is 7.47. The number of hydrogen-bond donors (Lipinski definition) is 2. The molecule has 0 radical (unpaired) electrons. The predicted octanol–water partition coefficient (Wildman–Crippen LogP) is 0.806. The molecular weight excluding hydrogens is 242 g/mol. The van der Waals surface area contributed by atoms with Gasteiger partial charge in [0.25, 0.3) is 5.56 Å². The third kappa shape index (κ3) is 2.94. The maximum Gasteiger partial charge on any atom is 0.293 e. The van der Waals surface area contributed by atoms with Crippen molar-refractivity contribution >= 4 is 11.7 Å². The van der Waals surface area contributed by atoms with Crippen LogP contribution in [0.3, 0.4) is 0 Å². The van der Waals surface area contributed by atoms with Crippen molar-refractivity contribution in [3.05, 3.63) is 22.7 Å². The number of aromatic nitrogens is 2. The second-order valence-electron chi connectivity index (χ2n) is 4.97. The van der Waals surface area contributed by atoms with Crippen molar-refractivity contribution in [3.8, 4) is 0 Å². The Kier molecular flexibility index (Phi) is 4.19. The van der Waals surface area contributed by atoms with Gasteiger partial charge in [-0.25, -0.2) is 4.98 Å². The molecule has 1 aliphatic rings. The fourth-order valence-electron chi connectivity index (χ4n) is 2.47. The zero-order valence-corrected chi connectivity index (χ0v) is 11.3. The van der Waals surface area contributed by atoms with E-state index in [1.54, 1.807) is 17.0 Å². The van der Waals surface area contributed by atoms with Crippen LogP contribution in [0.1, 0.15) is 26.2 Å². The van der Waals surface area contributed by atoms with E-state index >= 15 is 0 Å². The van der Waals surface area contributed by atoms with Gasteiger partial charge in [-0.1, -0.05) is 6.92 Å². The molecule has 104 valence electrons. The molecule has 0 atom stereocenters. The third-order valence-electron chi connectivity index (χ3n) is 3.59. The maximum absolute atomic E-state index is 12.3. The zero-order chi connectivity index (χ0) is 13.8. The van der Waals surface area contributed by atoms with E-state index in [2.05, 4.69) is 4.98 Å². The van der Waals surface area contributed by atoms with Crippen LogP contribution in [0.4, 0.5) is 5.82 Å². The normalized spacial score (nSPS) is 16.6. The summed E-state index contributed by atoms with van der Waals surface area (Å²) >= 11 is 0. The lowest BCUT2D eigenvalue weighted by Crippen LogP contribution is -2.41. The molecule has 0 spiro atoms. The molecular formula is C13H21N5O. The largest absolute Gasteiger partial charge is 0.387 e. The van der Waals surface area contributed by atoms with Gasteiger partial charge in [0, 0.05) is 37.9 Å². The number of nitrogens with two attached hydrogens (primary N) is 1. The number of aryl methyl sites for hydroxylation is 1. The van der Waals surface area contributed by atoms with E-state index in [4.69, 9.17) is 11.1 Å². The second-order valence-corrected chi connectivity index (χ2v) is 4.97. The maximum atomic E-state index is 12.3. The number of rotatable bonds is 4. The van der Waals surface area contributed by atoms with Crippen LogP contribution in [-0.2, 0) is 6.54 Å². The smallest absolute Gasteiger partial charge is 0.293 e. The number of nitrogens with one attached hydrogen (secondary N) is 1. The Morgan fingerprint density at radius 1 is 1.53 bits per heavy atom. The average molecular weight is 263 g/mol. The van der Waals surface area contributed by atoms with Gasteiger partial charge in [-0.15, -0.1) is 0 Å². The molecule has 1 saturated heterocycles. The van der Waals surface area contributed by atoms with Crippen molar-refractivity contribution < 1.29 is 0 Å². The number of nitrogens with zero attached hydrogens (tertiary/aromatic N) is 3. The molecule has 6 nitrogen and oxygen atoms in total. The monoisotopic (exact) mass is 263 g/mol. The van der Waals surface area contributed by atoms with E-state index in [1.165, 1.54) is 0 Å². The summed E-state index contributed by atoms with van der Waals surface area (Å²) < 4.78 is 1.71. The molecule has 0 unspecified atom stereocenters. The number of anilines is 1. The molecule has 1 aromatic heterocycles. The molecule has 2 heterocycles. The first-order valence-corrected chi connectivity index (χ1v) is 6.77. The first-order valence-electron chi connectivity index (χ1n) is 6.77. The molecule has 6 heteroatoms. The van der Waals surface area contributed by atoms with Crippen molar-refractivity contribution in [1.29, 1.82) is 5.41 Å². The van der Waals surface area contributed by atoms with Crippen LogP contribution < -0.4 is 16.2 Å². The minimum Gasteiger partial charge on any atom is -0.387 e. The van der Waals surface area contributed by atoms with Gasteiger partial charge < -0.3 is 15.2 Å². The van der Waals surface area contributed by atoms with Crippen LogP contribution in [0.5, 0.6) is 0 Å². The first kappa shape index (κ1) is 13.6. The predicted molar refractivity (Wildman–Crippen MR) is 75.6 cm³/mol. The molecule has 1 aliphatic heterocycles. The molecule has 19 heavy (non-hydrogen) atoms. The van der Waals surface area contributed by atoms with Crippen molar-refractivity contribution in [2.24, 2.45) is 11.7 Å². The fourth-order valence-corrected chi connectivity index (χ4v) is 2.47. The van der Waals surface area contributed by atoms with Gasteiger partial charge in [0.2, 0.25) is 0 Å². The first-order chi connectivity index (χ1) is 9.13. The standard InChI is InChI=1S/C13H21N5O/c1-2-6-18-9-5-16-12(13(18)19)17-7-3-10(4-8-17)11(14)15/h5,9-10H,2-4,6-8H2,1H3,(H3,14,15). The van der Waals surface area contributed by atoms with Crippen LogP contribution >= 0.6 is 0 Å². The van der Waals surface area contributed by atoms with E-state index in [0.717, 1.165) is 38.9 Å². The van der Waals surface area contributed by atoms with Crippen molar-refractivity contribution in [1.82, 2.24) is 9.55 Å². The Morgan fingerprint density at radius 3 is 2.79 bits per heavy atom. The van der Waals surface area contributed by atoms with Crippen LogP contribution in [0.2, 0.25) is 0 Å². The molecule has 0 aromatic carbocycles. The molecule has 0 aliphatic carbocycles. The number of hydrogen-bond acceptors (Lipinski definition) is 4. The van der Waals surface area contributed by atoms with E-state index in [-0.39, 0.29) is 17.3 Å². The molecule has 1 fully saturated rings. The van der Waals surface area contributed by atoms with Gasteiger partial charge in [0.05, 0.1) is 5.84 Å². The van der Waals surface area contributed by atoms with Crippen LogP contribution in [0.25, 0.3) is 0 Å². The second kappa shape index (κ2) is 5.86. The summed E-state index contributed by atoms with van der Waals surface area (Å²) in [7, 11) is 0. The van der Waals surface area contributed by atoms with E-state index in [1.807, 2.05) is 11.8 Å². The Labute approximate surface area is 112 Å². The van der Waals surface area contributed by atoms with Gasteiger partial charge in [-0.05, 0) is 19.3 Å². The quantitative estimate of drug-likeness (QED) is 0.621. The summed E-state index contributed by atoms with van der Waals surface area (Å²) in [5.74, 6) is 0.930. The summed E-state index contributed by atoms with van der Waals surface area (Å²) in [4.78, 5) is 18.5. The minimum atomic E-state index is -0.0226. The van der Waals surface area contributed by atoms with Crippen molar-refractivity contribution in [2.45, 2.75) is 32.7 Å². The molecule has 1 aromatic rings. The molecule has 3 N–H and O–H groups in total. The summed E-state index contributed by atoms with van der Waals surface area (Å²) in [6.45, 7) is 4.24. The third-order valence-corrected chi connectivity index (χ3v) is 3.59. The summed E-state index contributed by atoms with van der Waals surface area (Å²) in [6.07, 6.45) is 5.98. The molecule has 0 amide bonds. The van der Waals surface area contributed by atoms with Crippen LogP contribution in [0.15, 0.2) is 17.2 Å². The molecule has 0 bridgehead atoms. The number of piperidine rings is 1. The Morgan fingerprint density at radius 2 is 2.21 bits per heavy atom. The van der Waals surface area contributed by atoms with Gasteiger partial charge >= 0.3 is 0 Å². The highest BCUT2D eigenvalue weighted by Crippen LogP contribution is 2.19. The highest BCUT2D eigenvalue weighted by Gasteiger charge is 2.23. The summed E-state index contributed by atoms with van der Waals surface area (Å²) in [5.41, 5.74) is 5.51. The van der Waals surface area contributed by atoms with Crippen molar-refractivity contribution in [3.63, 3.8) is 0 Å². The Hall–Kier alpha value is -1.85. The fraction of sp³-hybridized carbons (Fsp3) is 0.615. The minimum absolute atomic E-state index is 0.0226. The lowest BCUT2D eigenvalue weighted by Gasteiger charge is -2.31. The average Bonchev–Trinajstić information content (AvgIpc) is 2.41. The molecule has 0 saturated carbocycles. The number of amidine groups is 1. The van der Waals surface area contributed by atoms with E-state index < -0.39 is 0 Å². The Balaban J connectivity index is 2.13. The highest BCUT2D eigenvalue weighted by molar-refractivity contribution is 5.79. The highest BCUT2D eigenvalue weighted by atomic mass is 16.1. The van der Waals surface area contributed by atoms with E-state index in [9.17, 15) is 4.79 Å². The summed E-state index contributed by atoms with van der Waals surface area (Å²) in [6, 6.07) is 0. The lowest BCUT2D eigenvalue weighted by molar-refractivity contribution is 0.491. The topological polar surface area (TPSA) is 88.0 Å².